The van der Waals surface area contributed by atoms with E-state index in [4.69, 9.17) is 0 Å². The van der Waals surface area contributed by atoms with Crippen LogP contribution in [0.15, 0.2) is 0 Å². The number of ether oxygens (including phenoxy) is 2. The Hall–Kier alpha value is -2.38. The molecular formula is C12H14O8. The van der Waals surface area contributed by atoms with E-state index < -0.39 is 61.1 Å². The zero-order chi connectivity index (χ0) is 15.7. The molecule has 0 aromatic carbocycles. The van der Waals surface area contributed by atoms with E-state index in [1.54, 1.807) is 0 Å². The van der Waals surface area contributed by atoms with Gasteiger partial charge in [-0.2, -0.15) is 0 Å². The van der Waals surface area contributed by atoms with Gasteiger partial charge >= 0.3 is 23.9 Å². The number of ketones is 2. The normalized spacial score (nSPS) is 9.50. The van der Waals surface area contributed by atoms with Crippen molar-refractivity contribution in [3.8, 4) is 0 Å². The molecular weight excluding hydrogens is 272 g/mol. The van der Waals surface area contributed by atoms with Crippen LogP contribution in [0.5, 0.6) is 0 Å². The fourth-order valence-corrected chi connectivity index (χ4v) is 1.04. The van der Waals surface area contributed by atoms with Crippen LogP contribution in [0, 0.1) is 0 Å². The summed E-state index contributed by atoms with van der Waals surface area (Å²) in [7, 11) is 0. The summed E-state index contributed by atoms with van der Waals surface area (Å²) in [6, 6.07) is 0. The van der Waals surface area contributed by atoms with Crippen LogP contribution >= 0.6 is 0 Å². The van der Waals surface area contributed by atoms with E-state index >= 15 is 0 Å². The largest absolute Gasteiger partial charge is 0.393 e. The highest BCUT2D eigenvalue weighted by Crippen LogP contribution is 2.00. The van der Waals surface area contributed by atoms with Gasteiger partial charge in [0.25, 0.3) is 0 Å². The zero-order valence-electron chi connectivity index (χ0n) is 11.1. The van der Waals surface area contributed by atoms with Crippen molar-refractivity contribution in [3.63, 3.8) is 0 Å². The van der Waals surface area contributed by atoms with E-state index in [0.29, 0.717) is 0 Å². The van der Waals surface area contributed by atoms with Crippen molar-refractivity contribution < 1.29 is 38.2 Å². The third-order valence-electron chi connectivity index (χ3n) is 1.78. The van der Waals surface area contributed by atoms with E-state index in [2.05, 4.69) is 9.47 Å². The van der Waals surface area contributed by atoms with E-state index in [0.717, 1.165) is 13.8 Å². The SMILES string of the molecule is CC(=O)CC(=O)OC(=O)CCC(=O)OC(=O)CC(C)=O. The summed E-state index contributed by atoms with van der Waals surface area (Å²) in [6.45, 7) is 2.31. The van der Waals surface area contributed by atoms with Gasteiger partial charge in [-0.15, -0.1) is 0 Å². The first-order chi connectivity index (χ1) is 9.20. The van der Waals surface area contributed by atoms with E-state index in [1.165, 1.54) is 0 Å². The molecule has 0 heterocycles. The molecule has 0 amide bonds. The zero-order valence-corrected chi connectivity index (χ0v) is 11.1. The minimum Gasteiger partial charge on any atom is -0.393 e. The summed E-state index contributed by atoms with van der Waals surface area (Å²) < 4.78 is 8.47. The van der Waals surface area contributed by atoms with Gasteiger partial charge in [0.2, 0.25) is 0 Å². The van der Waals surface area contributed by atoms with Crippen molar-refractivity contribution in [1.29, 1.82) is 0 Å². The second-order valence-electron chi connectivity index (χ2n) is 3.95. The summed E-state index contributed by atoms with van der Waals surface area (Å²) >= 11 is 0. The first kappa shape index (κ1) is 17.6. The average molecular weight is 286 g/mol. The number of hydrogen-bond acceptors (Lipinski definition) is 8. The van der Waals surface area contributed by atoms with E-state index in [1.807, 2.05) is 0 Å². The molecule has 0 atom stereocenters. The minimum atomic E-state index is -1.01. The number of Topliss-reactive ketones (excluding diaryl/α,β-unsaturated/α-hetero) is 2. The lowest BCUT2D eigenvalue weighted by atomic mass is 10.3. The molecule has 8 nitrogen and oxygen atoms in total. The molecule has 0 aromatic rings. The Morgan fingerprint density at radius 3 is 1.15 bits per heavy atom. The fraction of sp³-hybridized carbons (Fsp3) is 0.500. The molecule has 20 heavy (non-hydrogen) atoms. The van der Waals surface area contributed by atoms with Crippen molar-refractivity contribution in [2.45, 2.75) is 39.5 Å². The van der Waals surface area contributed by atoms with Crippen LogP contribution in [0.4, 0.5) is 0 Å². The second kappa shape index (κ2) is 8.68. The summed E-state index contributed by atoms with van der Waals surface area (Å²) in [6.07, 6.45) is -2.02. The van der Waals surface area contributed by atoms with Crippen LogP contribution < -0.4 is 0 Å². The highest BCUT2D eigenvalue weighted by molar-refractivity contribution is 6.00. The Morgan fingerprint density at radius 2 is 0.900 bits per heavy atom. The number of hydrogen-bond donors (Lipinski definition) is 0. The van der Waals surface area contributed by atoms with Gasteiger partial charge in [0.15, 0.2) is 0 Å². The van der Waals surface area contributed by atoms with Gasteiger partial charge in [-0.1, -0.05) is 0 Å². The average Bonchev–Trinajstić information content (AvgIpc) is 2.23. The van der Waals surface area contributed by atoms with Crippen molar-refractivity contribution in [2.75, 3.05) is 0 Å². The lowest BCUT2D eigenvalue weighted by Gasteiger charge is -2.02. The first-order valence-corrected chi connectivity index (χ1v) is 5.66. The predicted octanol–water partition coefficient (Wildman–Crippen LogP) is -0.136. The first-order valence-electron chi connectivity index (χ1n) is 5.66. The lowest BCUT2D eigenvalue weighted by molar-refractivity contribution is -0.165. The molecule has 0 aliphatic heterocycles. The lowest BCUT2D eigenvalue weighted by Crippen LogP contribution is -2.18. The number of rotatable bonds is 7. The van der Waals surface area contributed by atoms with Crippen LogP contribution in [0.2, 0.25) is 0 Å². The maximum Gasteiger partial charge on any atom is 0.320 e. The molecule has 0 saturated heterocycles. The summed E-state index contributed by atoms with van der Waals surface area (Å²) in [4.78, 5) is 65.2. The van der Waals surface area contributed by atoms with Crippen molar-refractivity contribution >= 4 is 35.4 Å². The van der Waals surface area contributed by atoms with Crippen molar-refractivity contribution in [3.05, 3.63) is 0 Å². The van der Waals surface area contributed by atoms with Crippen LogP contribution in [0.3, 0.4) is 0 Å². The third kappa shape index (κ3) is 9.63. The van der Waals surface area contributed by atoms with Crippen molar-refractivity contribution in [2.24, 2.45) is 0 Å². The van der Waals surface area contributed by atoms with Crippen molar-refractivity contribution in [1.82, 2.24) is 0 Å². The molecule has 0 rings (SSSR count). The molecule has 0 radical (unpaired) electrons. The topological polar surface area (TPSA) is 121 Å². The monoisotopic (exact) mass is 286 g/mol. The Morgan fingerprint density at radius 1 is 0.600 bits per heavy atom. The Balaban J connectivity index is 3.97. The third-order valence-corrected chi connectivity index (χ3v) is 1.78. The highest BCUT2D eigenvalue weighted by atomic mass is 16.6. The molecule has 110 valence electrons. The Bertz CT molecular complexity index is 406. The molecule has 0 spiro atoms. The van der Waals surface area contributed by atoms with Crippen LogP contribution in [-0.2, 0) is 38.2 Å². The summed E-state index contributed by atoms with van der Waals surface area (Å²) in [5.41, 5.74) is 0. The molecule has 0 unspecified atom stereocenters. The predicted molar refractivity (Wildman–Crippen MR) is 62.0 cm³/mol. The number of esters is 4. The van der Waals surface area contributed by atoms with Crippen LogP contribution in [0.25, 0.3) is 0 Å². The second-order valence-corrected chi connectivity index (χ2v) is 3.95. The van der Waals surface area contributed by atoms with Gasteiger partial charge in [0.05, 0.1) is 12.8 Å². The van der Waals surface area contributed by atoms with Gasteiger partial charge in [-0.05, 0) is 13.8 Å². The summed E-state index contributed by atoms with van der Waals surface area (Å²) in [5.74, 6) is -4.96. The molecule has 0 aromatic heterocycles. The highest BCUT2D eigenvalue weighted by Gasteiger charge is 2.17. The summed E-state index contributed by atoms with van der Waals surface area (Å²) in [5, 5.41) is 0. The van der Waals surface area contributed by atoms with E-state index in [9.17, 15) is 28.8 Å². The maximum atomic E-state index is 11.1. The quantitative estimate of drug-likeness (QED) is 0.468. The number of carbonyl (C=O) groups is 6. The molecule has 0 aliphatic carbocycles. The molecule has 0 N–H and O–H groups in total. The molecule has 0 aliphatic rings. The standard InChI is InChI=1S/C12H14O8/c1-7(13)5-11(17)19-9(15)3-4-10(16)20-12(18)6-8(2)14/h3-6H2,1-2H3. The van der Waals surface area contributed by atoms with Gasteiger partial charge in [0, 0.05) is 0 Å². The van der Waals surface area contributed by atoms with Gasteiger partial charge < -0.3 is 9.47 Å². The van der Waals surface area contributed by atoms with Gasteiger partial charge in [0.1, 0.15) is 24.4 Å². The van der Waals surface area contributed by atoms with Gasteiger partial charge in [-0.3, -0.25) is 28.8 Å². The minimum absolute atomic E-state index is 0.461. The molecule has 0 fully saturated rings. The van der Waals surface area contributed by atoms with Crippen LogP contribution in [-0.4, -0.2) is 35.4 Å². The maximum absolute atomic E-state index is 11.1. The van der Waals surface area contributed by atoms with Gasteiger partial charge in [-0.25, -0.2) is 0 Å². The molecule has 0 bridgehead atoms. The fourth-order valence-electron chi connectivity index (χ4n) is 1.04. The molecule has 0 saturated carbocycles. The smallest absolute Gasteiger partial charge is 0.320 e. The Kier molecular flexibility index (Phi) is 7.64. The Labute approximate surface area is 114 Å². The van der Waals surface area contributed by atoms with Crippen LogP contribution in [0.1, 0.15) is 39.5 Å². The number of carbonyl (C=O) groups excluding carboxylic acids is 6. The molecule has 8 heteroatoms. The van der Waals surface area contributed by atoms with E-state index in [-0.39, 0.29) is 0 Å².